The van der Waals surface area contributed by atoms with Crippen LogP contribution in [0.5, 0.6) is 0 Å². The molecule has 3 N–H and O–H groups in total. The fourth-order valence-electron chi connectivity index (χ4n) is 2.22. The SMILES string of the molecule is N[C@@H](Cc1ccccc1)C(=O)Nc1cc(C(F)(F)F)cc(C(F)(F)F)c1. The zero-order chi connectivity index (χ0) is 19.5. The third-order valence-electron chi connectivity index (χ3n) is 3.49. The highest BCUT2D eigenvalue weighted by molar-refractivity contribution is 5.95. The van der Waals surface area contributed by atoms with Gasteiger partial charge in [0, 0.05) is 5.69 Å². The van der Waals surface area contributed by atoms with Gasteiger partial charge in [-0.05, 0) is 30.2 Å². The summed E-state index contributed by atoms with van der Waals surface area (Å²) < 4.78 is 76.9. The van der Waals surface area contributed by atoms with Crippen molar-refractivity contribution < 1.29 is 31.1 Å². The largest absolute Gasteiger partial charge is 0.416 e. The Morgan fingerprint density at radius 3 is 1.88 bits per heavy atom. The van der Waals surface area contributed by atoms with Crippen LogP contribution in [0.3, 0.4) is 0 Å². The molecule has 0 aliphatic heterocycles. The molecule has 0 fully saturated rings. The number of nitrogens with one attached hydrogen (secondary N) is 1. The van der Waals surface area contributed by atoms with Crippen LogP contribution in [0, 0.1) is 0 Å². The second kappa shape index (κ2) is 7.36. The van der Waals surface area contributed by atoms with Gasteiger partial charge in [-0.25, -0.2) is 0 Å². The van der Waals surface area contributed by atoms with Crippen molar-refractivity contribution >= 4 is 11.6 Å². The second-order valence-electron chi connectivity index (χ2n) is 5.58. The van der Waals surface area contributed by atoms with Crippen molar-refractivity contribution in [3.63, 3.8) is 0 Å². The predicted octanol–water partition coefficient (Wildman–Crippen LogP) is 4.23. The standard InChI is InChI=1S/C17H14F6N2O/c18-16(19,20)11-7-12(17(21,22)23)9-13(8-11)25-15(26)14(24)6-10-4-2-1-3-5-10/h1-5,7-9,14H,6,24H2,(H,25,26)/t14-/m0/s1. The van der Waals surface area contributed by atoms with Gasteiger partial charge in [-0.15, -0.1) is 0 Å². The number of carbonyl (C=O) groups excluding carboxylic acids is 1. The molecular weight excluding hydrogens is 362 g/mol. The Kier molecular flexibility index (Phi) is 5.60. The topological polar surface area (TPSA) is 55.1 Å². The van der Waals surface area contributed by atoms with Crippen LogP contribution < -0.4 is 11.1 Å². The van der Waals surface area contributed by atoms with Crippen molar-refractivity contribution in [2.75, 3.05) is 5.32 Å². The minimum Gasteiger partial charge on any atom is -0.325 e. The highest BCUT2D eigenvalue weighted by Gasteiger charge is 2.37. The third-order valence-corrected chi connectivity index (χ3v) is 3.49. The highest BCUT2D eigenvalue weighted by Crippen LogP contribution is 2.37. The molecule has 0 aliphatic rings. The van der Waals surface area contributed by atoms with Crippen LogP contribution in [-0.2, 0) is 23.6 Å². The number of rotatable bonds is 4. The summed E-state index contributed by atoms with van der Waals surface area (Å²) in [5.41, 5.74) is 2.74. The first-order valence-corrected chi connectivity index (χ1v) is 7.36. The van der Waals surface area contributed by atoms with Crippen LogP contribution in [0.4, 0.5) is 32.0 Å². The molecule has 0 aromatic heterocycles. The van der Waals surface area contributed by atoms with Crippen molar-refractivity contribution in [1.29, 1.82) is 0 Å². The maximum Gasteiger partial charge on any atom is 0.416 e. The zero-order valence-corrected chi connectivity index (χ0v) is 13.2. The van der Waals surface area contributed by atoms with Crippen molar-refractivity contribution in [2.45, 2.75) is 24.8 Å². The Morgan fingerprint density at radius 1 is 0.923 bits per heavy atom. The maximum absolute atomic E-state index is 12.8. The molecule has 2 aromatic rings. The van der Waals surface area contributed by atoms with E-state index in [1.807, 2.05) is 5.32 Å². The molecule has 140 valence electrons. The molecule has 0 saturated carbocycles. The molecule has 0 spiro atoms. The van der Waals surface area contributed by atoms with Gasteiger partial charge in [0.25, 0.3) is 0 Å². The summed E-state index contributed by atoms with van der Waals surface area (Å²) in [6.45, 7) is 0. The van der Waals surface area contributed by atoms with Gasteiger partial charge < -0.3 is 11.1 Å². The summed E-state index contributed by atoms with van der Waals surface area (Å²) in [6.07, 6.45) is -9.91. The average molecular weight is 376 g/mol. The molecule has 9 heteroatoms. The zero-order valence-electron chi connectivity index (χ0n) is 13.2. The molecular formula is C17H14F6N2O. The van der Waals surface area contributed by atoms with Gasteiger partial charge in [0.2, 0.25) is 5.91 Å². The number of benzene rings is 2. The molecule has 0 heterocycles. The Morgan fingerprint density at radius 2 is 1.42 bits per heavy atom. The molecule has 1 amide bonds. The third kappa shape index (κ3) is 5.22. The van der Waals surface area contributed by atoms with Gasteiger partial charge in [-0.3, -0.25) is 4.79 Å². The summed E-state index contributed by atoms with van der Waals surface area (Å²) in [4.78, 5) is 12.0. The van der Waals surface area contributed by atoms with Gasteiger partial charge in [-0.2, -0.15) is 26.3 Å². The average Bonchev–Trinajstić information content (AvgIpc) is 2.53. The minimum atomic E-state index is -4.99. The lowest BCUT2D eigenvalue weighted by molar-refractivity contribution is -0.143. The molecule has 3 nitrogen and oxygen atoms in total. The molecule has 1 atom stereocenters. The number of hydrogen-bond acceptors (Lipinski definition) is 2. The van der Waals surface area contributed by atoms with E-state index in [0.717, 1.165) is 0 Å². The number of hydrogen-bond donors (Lipinski definition) is 2. The summed E-state index contributed by atoms with van der Waals surface area (Å²) in [5, 5.41) is 2.02. The molecule has 0 radical (unpaired) electrons. The van der Waals surface area contributed by atoms with Crippen LogP contribution >= 0.6 is 0 Å². The molecule has 2 aromatic carbocycles. The Bertz CT molecular complexity index is 739. The minimum absolute atomic E-state index is 0.0143. The molecule has 0 aliphatic carbocycles. The van der Waals surface area contributed by atoms with Crippen LogP contribution in [-0.4, -0.2) is 11.9 Å². The number of amides is 1. The first kappa shape index (κ1) is 19.8. The van der Waals surface area contributed by atoms with Crippen LogP contribution in [0.2, 0.25) is 0 Å². The number of alkyl halides is 6. The first-order valence-electron chi connectivity index (χ1n) is 7.36. The van der Waals surface area contributed by atoms with E-state index in [1.165, 1.54) is 0 Å². The van der Waals surface area contributed by atoms with E-state index in [0.29, 0.717) is 17.7 Å². The monoisotopic (exact) mass is 376 g/mol. The van der Waals surface area contributed by atoms with Crippen molar-refractivity contribution in [3.8, 4) is 0 Å². The van der Waals surface area contributed by atoms with Gasteiger partial charge >= 0.3 is 12.4 Å². The highest BCUT2D eigenvalue weighted by atomic mass is 19.4. The summed E-state index contributed by atoms with van der Waals surface area (Å²) >= 11 is 0. The Hall–Kier alpha value is -2.55. The summed E-state index contributed by atoms with van der Waals surface area (Å²) in [7, 11) is 0. The summed E-state index contributed by atoms with van der Waals surface area (Å²) in [5.74, 6) is -0.888. The molecule has 0 bridgehead atoms. The molecule has 2 rings (SSSR count). The lowest BCUT2D eigenvalue weighted by atomic mass is 10.1. The lowest BCUT2D eigenvalue weighted by Crippen LogP contribution is -2.37. The number of anilines is 1. The van der Waals surface area contributed by atoms with E-state index in [-0.39, 0.29) is 12.5 Å². The fraction of sp³-hybridized carbons (Fsp3) is 0.235. The predicted molar refractivity (Wildman–Crippen MR) is 83.2 cm³/mol. The van der Waals surface area contributed by atoms with Crippen LogP contribution in [0.25, 0.3) is 0 Å². The van der Waals surface area contributed by atoms with Crippen molar-refractivity contribution in [2.24, 2.45) is 5.73 Å². The Balaban J connectivity index is 2.23. The Labute approximate surface area is 144 Å². The smallest absolute Gasteiger partial charge is 0.325 e. The van der Waals surface area contributed by atoms with Crippen molar-refractivity contribution in [3.05, 3.63) is 65.2 Å². The van der Waals surface area contributed by atoms with Crippen LogP contribution in [0.15, 0.2) is 48.5 Å². The molecule has 26 heavy (non-hydrogen) atoms. The van der Waals surface area contributed by atoms with Crippen molar-refractivity contribution in [1.82, 2.24) is 0 Å². The van der Waals surface area contributed by atoms with E-state index in [9.17, 15) is 31.1 Å². The van der Waals surface area contributed by atoms with Gasteiger partial charge in [-0.1, -0.05) is 30.3 Å². The number of carbonyl (C=O) groups is 1. The fourth-order valence-corrected chi connectivity index (χ4v) is 2.22. The van der Waals surface area contributed by atoms with Crippen LogP contribution in [0.1, 0.15) is 16.7 Å². The van der Waals surface area contributed by atoms with Gasteiger partial charge in [0.05, 0.1) is 17.2 Å². The number of nitrogens with two attached hydrogens (primary N) is 1. The van der Waals surface area contributed by atoms with E-state index in [2.05, 4.69) is 0 Å². The van der Waals surface area contributed by atoms with E-state index in [4.69, 9.17) is 5.73 Å². The van der Waals surface area contributed by atoms with E-state index >= 15 is 0 Å². The number of halogens is 6. The maximum atomic E-state index is 12.8. The quantitative estimate of drug-likeness (QED) is 0.785. The van der Waals surface area contributed by atoms with Gasteiger partial charge in [0.1, 0.15) is 0 Å². The van der Waals surface area contributed by atoms with Gasteiger partial charge in [0.15, 0.2) is 0 Å². The summed E-state index contributed by atoms with van der Waals surface area (Å²) in [6, 6.07) is 8.27. The normalized spacial score (nSPS) is 13.3. The van der Waals surface area contributed by atoms with E-state index in [1.54, 1.807) is 30.3 Å². The first-order chi connectivity index (χ1) is 12.0. The molecule has 0 unspecified atom stereocenters. The molecule has 0 saturated heterocycles. The van der Waals surface area contributed by atoms with E-state index < -0.39 is 41.1 Å². The second-order valence-corrected chi connectivity index (χ2v) is 5.58. The lowest BCUT2D eigenvalue weighted by Gasteiger charge is -2.16.